The fourth-order valence-electron chi connectivity index (χ4n) is 2.64. The third-order valence-corrected chi connectivity index (χ3v) is 4.37. The Hall–Kier alpha value is -0.410. The largest absolute Gasteiger partial charge is 0.325 e. The van der Waals surface area contributed by atoms with Crippen molar-refractivity contribution in [2.24, 2.45) is 5.73 Å². The van der Waals surface area contributed by atoms with Crippen molar-refractivity contribution in [3.63, 3.8) is 0 Å². The summed E-state index contributed by atoms with van der Waals surface area (Å²) >= 11 is 1.73. The number of rotatable bonds is 2. The van der Waals surface area contributed by atoms with Crippen molar-refractivity contribution in [1.29, 1.82) is 0 Å². The number of nitrogens with zero attached hydrogens (tertiary/aromatic N) is 1. The van der Waals surface area contributed by atoms with E-state index in [2.05, 4.69) is 17.3 Å². The second kappa shape index (κ2) is 5.28. The minimum absolute atomic E-state index is 0.0148. The van der Waals surface area contributed by atoms with Crippen LogP contribution in [0.4, 0.5) is 0 Å². The van der Waals surface area contributed by atoms with Gasteiger partial charge < -0.3 is 5.73 Å². The van der Waals surface area contributed by atoms with Crippen LogP contribution in [0.3, 0.4) is 0 Å². The summed E-state index contributed by atoms with van der Waals surface area (Å²) in [5.41, 5.74) is 7.75. The molecule has 0 spiro atoms. The molecule has 2 rings (SSSR count). The van der Waals surface area contributed by atoms with Crippen LogP contribution in [0.5, 0.6) is 0 Å². The molecule has 3 heteroatoms. The van der Waals surface area contributed by atoms with Gasteiger partial charge in [0.25, 0.3) is 0 Å². The summed E-state index contributed by atoms with van der Waals surface area (Å²) in [4.78, 5) is 4.54. The first-order valence-electron chi connectivity index (χ1n) is 6.38. The molecule has 0 aliphatic heterocycles. The quantitative estimate of drug-likeness (QED) is 0.857. The zero-order valence-electron chi connectivity index (χ0n) is 10.2. The first kappa shape index (κ1) is 12.1. The Morgan fingerprint density at radius 2 is 1.88 bits per heavy atom. The number of aromatic nitrogens is 1. The Bertz CT molecular complexity index is 324. The fraction of sp³-hybridized carbons (Fsp3) is 0.769. The monoisotopic (exact) mass is 238 g/mol. The molecule has 0 unspecified atom stereocenters. The van der Waals surface area contributed by atoms with Gasteiger partial charge in [0.1, 0.15) is 0 Å². The van der Waals surface area contributed by atoms with Crippen molar-refractivity contribution in [3.8, 4) is 0 Å². The fourth-order valence-corrected chi connectivity index (χ4v) is 3.25. The number of thiazole rings is 1. The van der Waals surface area contributed by atoms with Crippen LogP contribution in [0.1, 0.15) is 55.6 Å². The van der Waals surface area contributed by atoms with E-state index in [1.165, 1.54) is 50.6 Å². The standard InChI is InChI=1S/C13H22N2S/c1-11-15-12(10-16-11)9-13(14)7-5-3-2-4-6-8-13/h10H,2-9,14H2,1H3. The van der Waals surface area contributed by atoms with Gasteiger partial charge in [-0.05, 0) is 19.8 Å². The Labute approximate surface area is 102 Å². The van der Waals surface area contributed by atoms with E-state index in [0.717, 1.165) is 11.4 Å². The normalized spacial score (nSPS) is 21.4. The van der Waals surface area contributed by atoms with Crippen LogP contribution in [-0.4, -0.2) is 10.5 Å². The summed E-state index contributed by atoms with van der Waals surface area (Å²) in [6, 6.07) is 0. The van der Waals surface area contributed by atoms with Crippen LogP contribution in [0.25, 0.3) is 0 Å². The molecule has 0 radical (unpaired) electrons. The maximum absolute atomic E-state index is 6.53. The van der Waals surface area contributed by atoms with Crippen LogP contribution in [0, 0.1) is 6.92 Å². The van der Waals surface area contributed by atoms with Crippen molar-refractivity contribution < 1.29 is 0 Å². The molecule has 1 saturated carbocycles. The highest BCUT2D eigenvalue weighted by Crippen LogP contribution is 2.27. The Kier molecular flexibility index (Phi) is 3.98. The van der Waals surface area contributed by atoms with Gasteiger partial charge in [-0.15, -0.1) is 11.3 Å². The van der Waals surface area contributed by atoms with Crippen molar-refractivity contribution in [2.75, 3.05) is 0 Å². The van der Waals surface area contributed by atoms with Gasteiger partial charge in [-0.3, -0.25) is 0 Å². The average molecular weight is 238 g/mol. The second-order valence-electron chi connectivity index (χ2n) is 5.16. The highest BCUT2D eigenvalue weighted by atomic mass is 32.1. The Morgan fingerprint density at radius 1 is 1.25 bits per heavy atom. The summed E-state index contributed by atoms with van der Waals surface area (Å²) in [6.45, 7) is 2.06. The molecule has 1 aromatic rings. The maximum Gasteiger partial charge on any atom is 0.0897 e. The van der Waals surface area contributed by atoms with E-state index < -0.39 is 0 Å². The highest BCUT2D eigenvalue weighted by Gasteiger charge is 2.26. The summed E-state index contributed by atoms with van der Waals surface area (Å²) in [5.74, 6) is 0. The van der Waals surface area contributed by atoms with E-state index in [0.29, 0.717) is 0 Å². The van der Waals surface area contributed by atoms with Crippen LogP contribution >= 0.6 is 11.3 Å². The number of aryl methyl sites for hydroxylation is 1. The van der Waals surface area contributed by atoms with Crippen molar-refractivity contribution in [1.82, 2.24) is 4.98 Å². The smallest absolute Gasteiger partial charge is 0.0897 e. The van der Waals surface area contributed by atoms with Gasteiger partial charge in [-0.25, -0.2) is 4.98 Å². The van der Waals surface area contributed by atoms with Gasteiger partial charge in [0.05, 0.1) is 10.7 Å². The van der Waals surface area contributed by atoms with E-state index in [-0.39, 0.29) is 5.54 Å². The van der Waals surface area contributed by atoms with Gasteiger partial charge in [0, 0.05) is 17.3 Å². The molecule has 2 N–H and O–H groups in total. The molecule has 1 fully saturated rings. The summed E-state index contributed by atoms with van der Waals surface area (Å²) < 4.78 is 0. The molecule has 0 bridgehead atoms. The number of nitrogens with two attached hydrogens (primary N) is 1. The third kappa shape index (κ3) is 3.29. The summed E-state index contributed by atoms with van der Waals surface area (Å²) in [6.07, 6.45) is 10.00. The molecule has 0 amide bonds. The van der Waals surface area contributed by atoms with E-state index >= 15 is 0 Å². The molecule has 0 saturated heterocycles. The minimum atomic E-state index is 0.0148. The van der Waals surface area contributed by atoms with Crippen LogP contribution < -0.4 is 5.73 Å². The van der Waals surface area contributed by atoms with Gasteiger partial charge in [0.15, 0.2) is 0 Å². The molecule has 2 nitrogen and oxygen atoms in total. The molecule has 0 aromatic carbocycles. The topological polar surface area (TPSA) is 38.9 Å². The molecular weight excluding hydrogens is 216 g/mol. The zero-order valence-corrected chi connectivity index (χ0v) is 11.0. The molecule has 90 valence electrons. The minimum Gasteiger partial charge on any atom is -0.325 e. The van der Waals surface area contributed by atoms with Gasteiger partial charge in [-0.2, -0.15) is 0 Å². The predicted molar refractivity (Wildman–Crippen MR) is 69.8 cm³/mol. The highest BCUT2D eigenvalue weighted by molar-refractivity contribution is 7.09. The maximum atomic E-state index is 6.53. The van der Waals surface area contributed by atoms with Gasteiger partial charge in [-0.1, -0.05) is 32.1 Å². The first-order chi connectivity index (χ1) is 7.68. The van der Waals surface area contributed by atoms with Crippen molar-refractivity contribution in [2.45, 2.75) is 63.8 Å². The van der Waals surface area contributed by atoms with Gasteiger partial charge in [0.2, 0.25) is 0 Å². The van der Waals surface area contributed by atoms with Crippen LogP contribution in [-0.2, 0) is 6.42 Å². The molecule has 0 atom stereocenters. The van der Waals surface area contributed by atoms with Crippen molar-refractivity contribution >= 4 is 11.3 Å². The lowest BCUT2D eigenvalue weighted by atomic mass is 9.82. The Morgan fingerprint density at radius 3 is 2.44 bits per heavy atom. The van der Waals surface area contributed by atoms with E-state index in [9.17, 15) is 0 Å². The molecule has 1 heterocycles. The SMILES string of the molecule is Cc1nc(CC2(N)CCCCCCC2)cs1. The molecule has 1 aliphatic rings. The molecular formula is C13H22N2S. The van der Waals surface area contributed by atoms with Gasteiger partial charge >= 0.3 is 0 Å². The lowest BCUT2D eigenvalue weighted by Gasteiger charge is -2.30. The third-order valence-electron chi connectivity index (χ3n) is 3.55. The lowest BCUT2D eigenvalue weighted by molar-refractivity contribution is 0.312. The summed E-state index contributed by atoms with van der Waals surface area (Å²) in [5, 5.41) is 3.33. The zero-order chi connectivity index (χ0) is 11.4. The van der Waals surface area contributed by atoms with E-state index in [1.807, 2.05) is 0 Å². The predicted octanol–water partition coefficient (Wildman–Crippen LogP) is 3.44. The first-order valence-corrected chi connectivity index (χ1v) is 7.26. The molecule has 16 heavy (non-hydrogen) atoms. The number of hydrogen-bond donors (Lipinski definition) is 1. The summed E-state index contributed by atoms with van der Waals surface area (Å²) in [7, 11) is 0. The van der Waals surface area contributed by atoms with E-state index in [1.54, 1.807) is 11.3 Å². The molecule has 1 aromatic heterocycles. The number of hydrogen-bond acceptors (Lipinski definition) is 3. The Balaban J connectivity index is 1.99. The van der Waals surface area contributed by atoms with Crippen LogP contribution in [0.2, 0.25) is 0 Å². The van der Waals surface area contributed by atoms with Crippen molar-refractivity contribution in [3.05, 3.63) is 16.1 Å². The van der Waals surface area contributed by atoms with Crippen LogP contribution in [0.15, 0.2) is 5.38 Å². The average Bonchev–Trinajstić information content (AvgIpc) is 2.59. The lowest BCUT2D eigenvalue weighted by Crippen LogP contribution is -2.42. The van der Waals surface area contributed by atoms with E-state index in [4.69, 9.17) is 5.73 Å². The molecule has 1 aliphatic carbocycles. The second-order valence-corrected chi connectivity index (χ2v) is 6.23.